The number of rotatable bonds is 5. The molecule has 1 saturated heterocycles. The van der Waals surface area contributed by atoms with Crippen LogP contribution >= 0.6 is 35.0 Å². The molecule has 1 fully saturated rings. The van der Waals surface area contributed by atoms with Gasteiger partial charge in [-0.1, -0.05) is 55.2 Å². The van der Waals surface area contributed by atoms with Crippen LogP contribution < -0.4 is 4.90 Å². The Kier molecular flexibility index (Phi) is 6.86. The lowest BCUT2D eigenvalue weighted by atomic mass is 9.79. The third kappa shape index (κ3) is 4.68. The van der Waals surface area contributed by atoms with Crippen molar-refractivity contribution in [1.29, 1.82) is 0 Å². The lowest BCUT2D eigenvalue weighted by Crippen LogP contribution is -2.48. The molecule has 2 heterocycles. The van der Waals surface area contributed by atoms with Crippen LogP contribution in [0.15, 0.2) is 41.3 Å². The number of amides is 2. The average Bonchev–Trinajstić information content (AvgIpc) is 3.00. The van der Waals surface area contributed by atoms with Crippen molar-refractivity contribution in [3.05, 3.63) is 68.0 Å². The van der Waals surface area contributed by atoms with Gasteiger partial charge in [0.05, 0.1) is 11.4 Å². The second-order valence-electron chi connectivity index (χ2n) is 9.36. The minimum atomic E-state index is -0.319. The van der Waals surface area contributed by atoms with E-state index in [2.05, 4.69) is 38.7 Å². The fourth-order valence-corrected chi connectivity index (χ4v) is 6.09. The molecule has 33 heavy (non-hydrogen) atoms. The van der Waals surface area contributed by atoms with E-state index in [4.69, 9.17) is 23.2 Å². The predicted octanol–water partition coefficient (Wildman–Crippen LogP) is 7.73. The van der Waals surface area contributed by atoms with E-state index >= 15 is 0 Å². The molecule has 0 saturated carbocycles. The van der Waals surface area contributed by atoms with Crippen LogP contribution in [0.5, 0.6) is 0 Å². The van der Waals surface area contributed by atoms with Crippen molar-refractivity contribution in [3.8, 4) is 0 Å². The first-order valence-corrected chi connectivity index (χ1v) is 12.8. The largest absolute Gasteiger partial charge is 0.366 e. The topological polar surface area (TPSA) is 40.6 Å². The molecular formula is C26H28Cl2N2O2S. The number of carbonyl (C=O) groups is 2. The molecule has 2 amide bonds. The molecule has 1 atom stereocenters. The monoisotopic (exact) mass is 502 g/mol. The zero-order chi connectivity index (χ0) is 23.9. The molecule has 7 heteroatoms. The van der Waals surface area contributed by atoms with Gasteiger partial charge in [-0.3, -0.25) is 14.5 Å². The second kappa shape index (κ2) is 9.36. The van der Waals surface area contributed by atoms with E-state index in [-0.39, 0.29) is 23.2 Å². The third-order valence-corrected chi connectivity index (χ3v) is 8.00. The minimum Gasteiger partial charge on any atom is -0.366 e. The van der Waals surface area contributed by atoms with Crippen LogP contribution in [0.1, 0.15) is 63.1 Å². The summed E-state index contributed by atoms with van der Waals surface area (Å²) in [5.41, 5.74) is 3.95. The maximum Gasteiger partial charge on any atom is 0.293 e. The van der Waals surface area contributed by atoms with Gasteiger partial charge in [0.2, 0.25) is 0 Å². The number of anilines is 1. The molecule has 2 aromatic rings. The van der Waals surface area contributed by atoms with Crippen molar-refractivity contribution in [3.63, 3.8) is 0 Å². The first-order chi connectivity index (χ1) is 15.6. The number of carbonyl (C=O) groups excluding carboxylic acids is 2. The standard InChI is InChI=1S/C26H28Cl2N2O2S/c1-5-10-30-22-13-21(28)18(11-19(22)16(2)14-26(30,3)4)12-23-24(31)29(25(32)33-23)15-17-8-6-7-9-20(17)27/h6-9,11-13,16H,5,10,14-15H2,1-4H3/b23-12+. The molecule has 4 nitrogen and oxygen atoms in total. The van der Waals surface area contributed by atoms with Gasteiger partial charge in [0, 0.05) is 27.8 Å². The highest BCUT2D eigenvalue weighted by Crippen LogP contribution is 2.46. The predicted molar refractivity (Wildman–Crippen MR) is 139 cm³/mol. The number of benzene rings is 2. The fraction of sp³-hybridized carbons (Fsp3) is 0.385. The molecule has 0 spiro atoms. The van der Waals surface area contributed by atoms with Crippen molar-refractivity contribution < 1.29 is 9.59 Å². The molecule has 0 bridgehead atoms. The average molecular weight is 503 g/mol. The third-order valence-electron chi connectivity index (χ3n) is 6.40. The number of thioether (sulfide) groups is 1. The number of hydrogen-bond acceptors (Lipinski definition) is 4. The molecule has 1 unspecified atom stereocenters. The molecule has 2 aliphatic rings. The quantitative estimate of drug-likeness (QED) is 0.392. The normalized spacial score (nSPS) is 21.2. The Balaban J connectivity index is 1.66. The molecule has 174 valence electrons. The number of hydrogen-bond donors (Lipinski definition) is 0. The number of fused-ring (bicyclic) bond motifs is 1. The number of imide groups is 1. The molecule has 0 N–H and O–H groups in total. The molecule has 4 rings (SSSR count). The summed E-state index contributed by atoms with van der Waals surface area (Å²) in [6.45, 7) is 10.1. The minimum absolute atomic E-state index is 0.0502. The SMILES string of the molecule is CCCN1c2cc(Cl)c(/C=C3/SC(=O)N(Cc4ccccc4Cl)C3=O)cc2C(C)CC1(C)C. The molecule has 2 aromatic carbocycles. The zero-order valence-corrected chi connectivity index (χ0v) is 21.7. The van der Waals surface area contributed by atoms with Crippen LogP contribution in [0.3, 0.4) is 0 Å². The van der Waals surface area contributed by atoms with E-state index in [1.165, 1.54) is 10.5 Å². The van der Waals surface area contributed by atoms with Crippen molar-refractivity contribution in [2.24, 2.45) is 0 Å². The highest BCUT2D eigenvalue weighted by atomic mass is 35.5. The van der Waals surface area contributed by atoms with Crippen LogP contribution in [0, 0.1) is 0 Å². The van der Waals surface area contributed by atoms with E-state index in [1.54, 1.807) is 12.1 Å². The molecule has 2 aliphatic heterocycles. The summed E-state index contributed by atoms with van der Waals surface area (Å²) in [5.74, 6) is 0.0447. The summed E-state index contributed by atoms with van der Waals surface area (Å²) in [6.07, 6.45) is 3.83. The van der Waals surface area contributed by atoms with Crippen molar-refractivity contribution >= 4 is 57.9 Å². The zero-order valence-electron chi connectivity index (χ0n) is 19.3. The summed E-state index contributed by atoms with van der Waals surface area (Å²) < 4.78 is 0. The summed E-state index contributed by atoms with van der Waals surface area (Å²) >= 11 is 13.9. The first-order valence-electron chi connectivity index (χ1n) is 11.2. The highest BCUT2D eigenvalue weighted by Gasteiger charge is 2.38. The number of nitrogens with zero attached hydrogens (tertiary/aromatic N) is 2. The van der Waals surface area contributed by atoms with Gasteiger partial charge >= 0.3 is 0 Å². The molecular weight excluding hydrogens is 475 g/mol. The maximum atomic E-state index is 13.0. The Labute approximate surface area is 209 Å². The summed E-state index contributed by atoms with van der Waals surface area (Å²) in [6, 6.07) is 11.3. The van der Waals surface area contributed by atoms with Crippen molar-refractivity contribution in [2.45, 2.75) is 58.5 Å². The Morgan fingerprint density at radius 3 is 2.58 bits per heavy atom. The van der Waals surface area contributed by atoms with E-state index in [1.807, 2.05) is 24.3 Å². The van der Waals surface area contributed by atoms with Gasteiger partial charge in [0.25, 0.3) is 11.1 Å². The van der Waals surface area contributed by atoms with E-state index < -0.39 is 0 Å². The van der Waals surface area contributed by atoms with Crippen LogP contribution in [-0.2, 0) is 11.3 Å². The van der Waals surface area contributed by atoms with Crippen LogP contribution in [0.4, 0.5) is 10.5 Å². The van der Waals surface area contributed by atoms with Gasteiger partial charge in [-0.05, 0) is 85.3 Å². The van der Waals surface area contributed by atoms with Gasteiger partial charge in [-0.15, -0.1) is 0 Å². The van der Waals surface area contributed by atoms with Gasteiger partial charge < -0.3 is 4.90 Å². The van der Waals surface area contributed by atoms with E-state index in [0.29, 0.717) is 20.9 Å². The van der Waals surface area contributed by atoms with Gasteiger partial charge in [0.1, 0.15) is 0 Å². The molecule has 0 aliphatic carbocycles. The van der Waals surface area contributed by atoms with Gasteiger partial charge in [-0.2, -0.15) is 0 Å². The summed E-state index contributed by atoms with van der Waals surface area (Å²) in [5, 5.41) is 0.814. The smallest absolute Gasteiger partial charge is 0.293 e. The Morgan fingerprint density at radius 2 is 1.88 bits per heavy atom. The first kappa shape index (κ1) is 24.2. The highest BCUT2D eigenvalue weighted by molar-refractivity contribution is 8.18. The van der Waals surface area contributed by atoms with Crippen molar-refractivity contribution in [2.75, 3.05) is 11.4 Å². The number of halogens is 2. The van der Waals surface area contributed by atoms with Crippen LogP contribution in [0.25, 0.3) is 6.08 Å². The van der Waals surface area contributed by atoms with Gasteiger partial charge in [-0.25, -0.2) is 0 Å². The molecule has 0 radical (unpaired) electrons. The Morgan fingerprint density at radius 1 is 1.15 bits per heavy atom. The van der Waals surface area contributed by atoms with Crippen molar-refractivity contribution in [1.82, 2.24) is 4.90 Å². The summed E-state index contributed by atoms with van der Waals surface area (Å²) in [7, 11) is 0. The van der Waals surface area contributed by atoms with Crippen LogP contribution in [-0.4, -0.2) is 28.1 Å². The Hall–Kier alpha value is -1.95. The Bertz CT molecular complexity index is 1150. The van der Waals surface area contributed by atoms with Crippen LogP contribution in [0.2, 0.25) is 10.0 Å². The summed E-state index contributed by atoms with van der Waals surface area (Å²) in [4.78, 5) is 29.7. The van der Waals surface area contributed by atoms with E-state index in [0.717, 1.165) is 48.0 Å². The molecule has 0 aromatic heterocycles. The second-order valence-corrected chi connectivity index (χ2v) is 11.2. The van der Waals surface area contributed by atoms with Gasteiger partial charge in [0.15, 0.2) is 0 Å². The lowest BCUT2D eigenvalue weighted by Gasteiger charge is -2.47. The lowest BCUT2D eigenvalue weighted by molar-refractivity contribution is -0.123. The fourth-order valence-electron chi connectivity index (χ4n) is 4.85. The van der Waals surface area contributed by atoms with E-state index in [9.17, 15) is 9.59 Å². The maximum absolute atomic E-state index is 13.0.